The molecule has 0 saturated carbocycles. The first-order valence-corrected chi connectivity index (χ1v) is 9.95. The van der Waals surface area contributed by atoms with Crippen LogP contribution in [0.5, 0.6) is 0 Å². The van der Waals surface area contributed by atoms with Crippen molar-refractivity contribution >= 4 is 23.2 Å². The lowest BCUT2D eigenvalue weighted by atomic mass is 10.0. The summed E-state index contributed by atoms with van der Waals surface area (Å²) in [6, 6.07) is 17.9. The van der Waals surface area contributed by atoms with Gasteiger partial charge < -0.3 is 10.1 Å². The molecule has 1 aromatic heterocycles. The highest BCUT2D eigenvalue weighted by Crippen LogP contribution is 2.23. The highest BCUT2D eigenvalue weighted by atomic mass is 32.1. The van der Waals surface area contributed by atoms with Gasteiger partial charge in [0.25, 0.3) is 5.91 Å². The molecular formula is C22H22N2O3S. The van der Waals surface area contributed by atoms with E-state index in [1.165, 1.54) is 11.3 Å². The van der Waals surface area contributed by atoms with Crippen LogP contribution in [0.25, 0.3) is 10.6 Å². The van der Waals surface area contributed by atoms with Crippen LogP contribution in [0.3, 0.4) is 0 Å². The Labute approximate surface area is 168 Å². The third-order valence-corrected chi connectivity index (χ3v) is 5.12. The van der Waals surface area contributed by atoms with Gasteiger partial charge in [-0.25, -0.2) is 9.78 Å². The molecule has 0 aliphatic heterocycles. The van der Waals surface area contributed by atoms with Gasteiger partial charge in [0.1, 0.15) is 17.7 Å². The van der Waals surface area contributed by atoms with E-state index in [0.29, 0.717) is 11.3 Å². The predicted molar refractivity (Wildman–Crippen MR) is 110 cm³/mol. The van der Waals surface area contributed by atoms with E-state index >= 15 is 0 Å². The summed E-state index contributed by atoms with van der Waals surface area (Å²) in [5, 5.41) is 5.53. The zero-order valence-corrected chi connectivity index (χ0v) is 16.6. The van der Waals surface area contributed by atoms with Crippen LogP contribution in [0.1, 0.15) is 29.9 Å². The van der Waals surface area contributed by atoms with Gasteiger partial charge in [-0.2, -0.15) is 0 Å². The molecule has 0 aliphatic rings. The molecule has 0 aliphatic carbocycles. The summed E-state index contributed by atoms with van der Waals surface area (Å²) >= 11 is 1.50. The molecule has 6 heteroatoms. The fourth-order valence-electron chi connectivity index (χ4n) is 2.63. The van der Waals surface area contributed by atoms with Crippen LogP contribution in [0.2, 0.25) is 0 Å². The van der Waals surface area contributed by atoms with Crippen LogP contribution >= 0.6 is 11.3 Å². The van der Waals surface area contributed by atoms with Crippen molar-refractivity contribution in [3.8, 4) is 10.6 Å². The highest BCUT2D eigenvalue weighted by molar-refractivity contribution is 7.13. The van der Waals surface area contributed by atoms with E-state index in [1.54, 1.807) is 24.3 Å². The van der Waals surface area contributed by atoms with E-state index in [4.69, 9.17) is 4.74 Å². The lowest BCUT2D eigenvalue weighted by Gasteiger charge is -2.20. The van der Waals surface area contributed by atoms with Crippen LogP contribution in [-0.4, -0.2) is 22.9 Å². The molecule has 1 amide bonds. The van der Waals surface area contributed by atoms with Gasteiger partial charge in [-0.3, -0.25) is 4.79 Å². The Hall–Kier alpha value is -2.99. The molecule has 0 radical (unpaired) electrons. The molecule has 3 aromatic rings. The Bertz CT molecular complexity index is 923. The Balaban J connectivity index is 1.60. The van der Waals surface area contributed by atoms with Crippen molar-refractivity contribution in [3.63, 3.8) is 0 Å². The summed E-state index contributed by atoms with van der Waals surface area (Å²) in [5.41, 5.74) is 2.22. The molecule has 144 valence electrons. The highest BCUT2D eigenvalue weighted by Gasteiger charge is 2.26. The lowest BCUT2D eigenvalue weighted by Crippen LogP contribution is -2.45. The fourth-order valence-corrected chi connectivity index (χ4v) is 3.44. The molecule has 0 saturated heterocycles. The van der Waals surface area contributed by atoms with E-state index in [9.17, 15) is 9.59 Å². The Morgan fingerprint density at radius 1 is 1.04 bits per heavy atom. The van der Waals surface area contributed by atoms with Crippen LogP contribution in [0.15, 0.2) is 66.0 Å². The second kappa shape index (κ2) is 9.28. The average molecular weight is 394 g/mol. The van der Waals surface area contributed by atoms with Gasteiger partial charge in [0.15, 0.2) is 0 Å². The van der Waals surface area contributed by atoms with Gasteiger partial charge >= 0.3 is 5.97 Å². The first-order chi connectivity index (χ1) is 13.5. The van der Waals surface area contributed by atoms with Gasteiger partial charge in [0.05, 0.1) is 5.69 Å². The van der Waals surface area contributed by atoms with Gasteiger partial charge in [0, 0.05) is 16.5 Å². The van der Waals surface area contributed by atoms with E-state index in [1.807, 2.05) is 55.6 Å². The zero-order valence-electron chi connectivity index (χ0n) is 15.8. The number of carbonyl (C=O) groups is 2. The molecule has 1 heterocycles. The number of nitrogens with one attached hydrogen (secondary N) is 1. The van der Waals surface area contributed by atoms with Crippen molar-refractivity contribution in [1.29, 1.82) is 0 Å². The number of hydrogen-bond acceptors (Lipinski definition) is 5. The molecule has 2 aromatic carbocycles. The molecule has 0 spiro atoms. The second-order valence-corrected chi connectivity index (χ2v) is 7.54. The number of esters is 1. The van der Waals surface area contributed by atoms with E-state index in [2.05, 4.69) is 10.3 Å². The molecule has 1 N–H and O–H groups in total. The minimum Gasteiger partial charge on any atom is -0.458 e. The van der Waals surface area contributed by atoms with Gasteiger partial charge in [0.2, 0.25) is 0 Å². The summed E-state index contributed by atoms with van der Waals surface area (Å²) in [6.07, 6.45) is 0. The number of rotatable bonds is 7. The lowest BCUT2D eigenvalue weighted by molar-refractivity contribution is -0.148. The number of aromatic nitrogens is 1. The number of hydrogen-bond donors (Lipinski definition) is 1. The molecule has 5 nitrogen and oxygen atoms in total. The summed E-state index contributed by atoms with van der Waals surface area (Å²) < 4.78 is 5.43. The van der Waals surface area contributed by atoms with Crippen LogP contribution in [0.4, 0.5) is 0 Å². The van der Waals surface area contributed by atoms with Crippen molar-refractivity contribution in [2.24, 2.45) is 5.92 Å². The number of benzene rings is 2. The van der Waals surface area contributed by atoms with Gasteiger partial charge in [-0.05, 0) is 18.1 Å². The number of nitrogens with zero attached hydrogens (tertiary/aromatic N) is 1. The number of ether oxygens (including phenoxy) is 1. The molecule has 0 fully saturated rings. The fraction of sp³-hybridized carbons (Fsp3) is 0.227. The molecule has 0 bridgehead atoms. The van der Waals surface area contributed by atoms with Crippen molar-refractivity contribution in [2.45, 2.75) is 26.5 Å². The maximum Gasteiger partial charge on any atom is 0.329 e. The number of carbonyl (C=O) groups excluding carboxylic acids is 2. The van der Waals surface area contributed by atoms with Crippen molar-refractivity contribution < 1.29 is 14.3 Å². The van der Waals surface area contributed by atoms with Crippen LogP contribution in [0, 0.1) is 5.92 Å². The van der Waals surface area contributed by atoms with Gasteiger partial charge in [-0.1, -0.05) is 62.4 Å². The minimum absolute atomic E-state index is 0.0760. The zero-order chi connectivity index (χ0) is 19.9. The molecule has 1 unspecified atom stereocenters. The summed E-state index contributed by atoms with van der Waals surface area (Å²) in [4.78, 5) is 29.4. The summed E-state index contributed by atoms with van der Waals surface area (Å²) in [7, 11) is 0. The predicted octanol–water partition coefficient (Wildman–Crippen LogP) is 4.31. The monoisotopic (exact) mass is 394 g/mol. The average Bonchev–Trinajstić information content (AvgIpc) is 3.20. The largest absolute Gasteiger partial charge is 0.458 e. The van der Waals surface area contributed by atoms with Gasteiger partial charge in [-0.15, -0.1) is 11.3 Å². The standard InChI is InChI=1S/C22H22N2O3S/c1-15(2)19(24-20(25)16-9-5-3-6-10-16)22(26)27-13-18-14-28-21(23-18)17-11-7-4-8-12-17/h3-12,14-15,19H,13H2,1-2H3,(H,24,25). The van der Waals surface area contributed by atoms with Crippen LogP contribution < -0.4 is 5.32 Å². The molecule has 1 atom stereocenters. The molecule has 28 heavy (non-hydrogen) atoms. The topological polar surface area (TPSA) is 68.3 Å². The minimum atomic E-state index is -0.722. The van der Waals surface area contributed by atoms with E-state index in [-0.39, 0.29) is 18.4 Å². The summed E-state index contributed by atoms with van der Waals surface area (Å²) in [5.74, 6) is -0.861. The number of amides is 1. The Kier molecular flexibility index (Phi) is 6.55. The van der Waals surface area contributed by atoms with Crippen molar-refractivity contribution in [1.82, 2.24) is 10.3 Å². The number of thiazole rings is 1. The van der Waals surface area contributed by atoms with E-state index < -0.39 is 12.0 Å². The smallest absolute Gasteiger partial charge is 0.329 e. The van der Waals surface area contributed by atoms with Crippen LogP contribution in [-0.2, 0) is 16.1 Å². The normalized spacial score (nSPS) is 11.8. The summed E-state index contributed by atoms with van der Waals surface area (Å²) in [6.45, 7) is 3.81. The molecule has 3 rings (SSSR count). The molecular weight excluding hydrogens is 372 g/mol. The first kappa shape index (κ1) is 19.8. The maximum absolute atomic E-state index is 12.5. The maximum atomic E-state index is 12.5. The Morgan fingerprint density at radius 3 is 2.32 bits per heavy atom. The van der Waals surface area contributed by atoms with Crippen molar-refractivity contribution in [2.75, 3.05) is 0 Å². The first-order valence-electron chi connectivity index (χ1n) is 9.07. The third kappa shape index (κ3) is 5.04. The van der Waals surface area contributed by atoms with E-state index in [0.717, 1.165) is 10.6 Å². The quantitative estimate of drug-likeness (QED) is 0.607. The Morgan fingerprint density at radius 2 is 1.68 bits per heavy atom. The SMILES string of the molecule is CC(C)C(NC(=O)c1ccccc1)C(=O)OCc1csc(-c2ccccc2)n1. The second-order valence-electron chi connectivity index (χ2n) is 6.68. The third-order valence-electron chi connectivity index (χ3n) is 4.18. The van der Waals surface area contributed by atoms with Crippen molar-refractivity contribution in [3.05, 3.63) is 77.3 Å².